The fourth-order valence-electron chi connectivity index (χ4n) is 2.08. The largest absolute Gasteiger partial charge is 0.330 e. The summed E-state index contributed by atoms with van der Waals surface area (Å²) in [5, 5.41) is 0. The van der Waals surface area contributed by atoms with Crippen LogP contribution in [-0.2, 0) is 0 Å². The molecule has 0 amide bonds. The maximum Gasteiger partial charge on any atom is 0.0178 e. The van der Waals surface area contributed by atoms with Gasteiger partial charge in [-0.1, -0.05) is 35.8 Å². The van der Waals surface area contributed by atoms with E-state index in [-0.39, 0.29) is 0 Å². The van der Waals surface area contributed by atoms with E-state index in [1.54, 1.807) is 0 Å². The molecule has 2 heteroatoms. The van der Waals surface area contributed by atoms with E-state index in [9.17, 15) is 0 Å². The Morgan fingerprint density at radius 1 is 1.33 bits per heavy atom. The second kappa shape index (κ2) is 5.66. The quantitative estimate of drug-likeness (QED) is 0.883. The highest BCUT2D eigenvalue weighted by atomic mass is 79.9. The SMILES string of the molecule is Cc1cc(Br)ccc1C(CCN)C(C)C. The second-order valence-corrected chi connectivity index (χ2v) is 5.34. The molecular formula is C13H20BrN. The van der Waals surface area contributed by atoms with Gasteiger partial charge >= 0.3 is 0 Å². The number of hydrogen-bond acceptors (Lipinski definition) is 1. The van der Waals surface area contributed by atoms with Gasteiger partial charge in [-0.2, -0.15) is 0 Å². The van der Waals surface area contributed by atoms with Crippen LogP contribution in [0.5, 0.6) is 0 Å². The Morgan fingerprint density at radius 3 is 2.47 bits per heavy atom. The van der Waals surface area contributed by atoms with E-state index < -0.39 is 0 Å². The topological polar surface area (TPSA) is 26.0 Å². The third-order valence-electron chi connectivity index (χ3n) is 2.91. The van der Waals surface area contributed by atoms with Crippen molar-refractivity contribution >= 4 is 15.9 Å². The van der Waals surface area contributed by atoms with E-state index in [2.05, 4.69) is 54.9 Å². The maximum absolute atomic E-state index is 5.68. The molecule has 84 valence electrons. The summed E-state index contributed by atoms with van der Waals surface area (Å²) in [5.41, 5.74) is 8.48. The maximum atomic E-state index is 5.68. The van der Waals surface area contributed by atoms with Crippen LogP contribution in [0.25, 0.3) is 0 Å². The van der Waals surface area contributed by atoms with Crippen LogP contribution in [0, 0.1) is 12.8 Å². The van der Waals surface area contributed by atoms with Crippen LogP contribution in [0.4, 0.5) is 0 Å². The minimum atomic E-state index is 0.586. The average Bonchev–Trinajstić information content (AvgIpc) is 2.15. The number of aryl methyl sites for hydroxylation is 1. The molecule has 1 unspecified atom stereocenters. The predicted molar refractivity (Wildman–Crippen MR) is 70.1 cm³/mol. The summed E-state index contributed by atoms with van der Waals surface area (Å²) in [6, 6.07) is 6.52. The summed E-state index contributed by atoms with van der Waals surface area (Å²) >= 11 is 3.50. The lowest BCUT2D eigenvalue weighted by Crippen LogP contribution is -2.13. The number of halogens is 1. The van der Waals surface area contributed by atoms with Gasteiger partial charge < -0.3 is 5.73 Å². The zero-order valence-electron chi connectivity index (χ0n) is 9.76. The molecule has 0 saturated heterocycles. The van der Waals surface area contributed by atoms with Crippen molar-refractivity contribution in [3.05, 3.63) is 33.8 Å². The Labute approximate surface area is 101 Å². The Bertz CT molecular complexity index is 320. The first-order chi connectivity index (χ1) is 7.06. The molecule has 15 heavy (non-hydrogen) atoms. The van der Waals surface area contributed by atoms with E-state index in [0.717, 1.165) is 17.4 Å². The fraction of sp³-hybridized carbons (Fsp3) is 0.538. The highest BCUT2D eigenvalue weighted by Gasteiger charge is 2.16. The van der Waals surface area contributed by atoms with E-state index in [4.69, 9.17) is 5.73 Å². The molecule has 0 heterocycles. The molecule has 0 fully saturated rings. The number of benzene rings is 1. The van der Waals surface area contributed by atoms with Gasteiger partial charge in [0.25, 0.3) is 0 Å². The fourth-order valence-corrected chi connectivity index (χ4v) is 2.56. The van der Waals surface area contributed by atoms with Gasteiger partial charge in [-0.25, -0.2) is 0 Å². The Hall–Kier alpha value is -0.340. The molecule has 0 aliphatic rings. The van der Waals surface area contributed by atoms with Crippen LogP contribution in [-0.4, -0.2) is 6.54 Å². The minimum absolute atomic E-state index is 0.586. The van der Waals surface area contributed by atoms with Gasteiger partial charge in [-0.15, -0.1) is 0 Å². The Kier molecular flexibility index (Phi) is 4.81. The van der Waals surface area contributed by atoms with Gasteiger partial charge in [0, 0.05) is 4.47 Å². The summed E-state index contributed by atoms with van der Waals surface area (Å²) in [6.45, 7) is 7.47. The van der Waals surface area contributed by atoms with Crippen LogP contribution in [0.15, 0.2) is 22.7 Å². The monoisotopic (exact) mass is 269 g/mol. The second-order valence-electron chi connectivity index (χ2n) is 4.43. The zero-order valence-corrected chi connectivity index (χ0v) is 11.3. The van der Waals surface area contributed by atoms with E-state index in [0.29, 0.717) is 11.8 Å². The molecule has 2 N–H and O–H groups in total. The molecule has 0 bridgehead atoms. The van der Waals surface area contributed by atoms with Gasteiger partial charge in [0.1, 0.15) is 0 Å². The lowest BCUT2D eigenvalue weighted by molar-refractivity contribution is 0.471. The molecule has 1 atom stereocenters. The molecule has 1 rings (SSSR count). The van der Waals surface area contributed by atoms with Gasteiger partial charge in [0.15, 0.2) is 0 Å². The van der Waals surface area contributed by atoms with Crippen molar-refractivity contribution in [1.29, 1.82) is 0 Å². The van der Waals surface area contributed by atoms with Crippen molar-refractivity contribution in [2.24, 2.45) is 11.7 Å². The molecule has 0 aliphatic heterocycles. The molecule has 0 saturated carbocycles. The van der Waals surface area contributed by atoms with Crippen molar-refractivity contribution < 1.29 is 0 Å². The molecule has 0 radical (unpaired) electrons. The third kappa shape index (κ3) is 3.32. The van der Waals surface area contributed by atoms with Crippen LogP contribution >= 0.6 is 15.9 Å². The summed E-state index contributed by atoms with van der Waals surface area (Å²) < 4.78 is 1.15. The van der Waals surface area contributed by atoms with Crippen LogP contribution in [0.3, 0.4) is 0 Å². The Balaban J connectivity index is 3.00. The summed E-state index contributed by atoms with van der Waals surface area (Å²) in [4.78, 5) is 0. The van der Waals surface area contributed by atoms with Gasteiger partial charge in [0.05, 0.1) is 0 Å². The lowest BCUT2D eigenvalue weighted by atomic mass is 9.84. The summed E-state index contributed by atoms with van der Waals surface area (Å²) in [6.07, 6.45) is 1.07. The first kappa shape index (κ1) is 12.7. The number of rotatable bonds is 4. The van der Waals surface area contributed by atoms with Gasteiger partial charge in [-0.3, -0.25) is 0 Å². The third-order valence-corrected chi connectivity index (χ3v) is 3.41. The molecular weight excluding hydrogens is 250 g/mol. The zero-order chi connectivity index (χ0) is 11.4. The highest BCUT2D eigenvalue weighted by Crippen LogP contribution is 2.31. The van der Waals surface area contributed by atoms with Crippen molar-refractivity contribution in [1.82, 2.24) is 0 Å². The van der Waals surface area contributed by atoms with Crippen molar-refractivity contribution in [3.63, 3.8) is 0 Å². The molecule has 1 nitrogen and oxygen atoms in total. The molecule has 0 aliphatic carbocycles. The first-order valence-electron chi connectivity index (χ1n) is 5.52. The summed E-state index contributed by atoms with van der Waals surface area (Å²) in [5.74, 6) is 1.23. The van der Waals surface area contributed by atoms with Crippen molar-refractivity contribution in [3.8, 4) is 0 Å². The Morgan fingerprint density at radius 2 is 2.00 bits per heavy atom. The van der Waals surface area contributed by atoms with E-state index in [1.807, 2.05) is 0 Å². The molecule has 0 aromatic heterocycles. The highest BCUT2D eigenvalue weighted by molar-refractivity contribution is 9.10. The van der Waals surface area contributed by atoms with Gasteiger partial charge in [0.2, 0.25) is 0 Å². The number of hydrogen-bond donors (Lipinski definition) is 1. The average molecular weight is 270 g/mol. The smallest absolute Gasteiger partial charge is 0.0178 e. The summed E-state index contributed by atoms with van der Waals surface area (Å²) in [7, 11) is 0. The normalized spacial score (nSPS) is 13.2. The van der Waals surface area contributed by atoms with Crippen molar-refractivity contribution in [2.75, 3.05) is 6.54 Å². The number of nitrogens with two attached hydrogens (primary N) is 1. The van der Waals surface area contributed by atoms with E-state index in [1.165, 1.54) is 11.1 Å². The first-order valence-corrected chi connectivity index (χ1v) is 6.31. The minimum Gasteiger partial charge on any atom is -0.330 e. The molecule has 0 spiro atoms. The molecule has 1 aromatic rings. The standard InChI is InChI=1S/C13H20BrN/c1-9(2)12(6-7-15)13-5-4-11(14)8-10(13)3/h4-5,8-9,12H,6-7,15H2,1-3H3. The van der Waals surface area contributed by atoms with Crippen LogP contribution in [0.2, 0.25) is 0 Å². The van der Waals surface area contributed by atoms with Crippen LogP contribution in [0.1, 0.15) is 37.3 Å². The van der Waals surface area contributed by atoms with Gasteiger partial charge in [-0.05, 0) is 55.0 Å². The lowest BCUT2D eigenvalue weighted by Gasteiger charge is -2.22. The van der Waals surface area contributed by atoms with Crippen molar-refractivity contribution in [2.45, 2.75) is 33.1 Å². The predicted octanol–water partition coefficient (Wildman–Crippen LogP) is 3.85. The molecule has 1 aromatic carbocycles. The van der Waals surface area contributed by atoms with Crippen LogP contribution < -0.4 is 5.73 Å². The van der Waals surface area contributed by atoms with E-state index >= 15 is 0 Å².